The first-order chi connectivity index (χ1) is 14.7. The average molecular weight is 467 g/mol. The Hall–Kier alpha value is -1.71. The summed E-state index contributed by atoms with van der Waals surface area (Å²) < 4.78 is 51.5. The van der Waals surface area contributed by atoms with Crippen molar-refractivity contribution in [2.45, 2.75) is 49.5 Å². The van der Waals surface area contributed by atoms with Gasteiger partial charge in [0.05, 0.1) is 16.4 Å². The molecule has 1 aromatic rings. The van der Waals surface area contributed by atoms with Crippen LogP contribution in [0.1, 0.15) is 36.8 Å². The molecule has 4 rings (SSSR count). The van der Waals surface area contributed by atoms with Crippen molar-refractivity contribution in [3.05, 3.63) is 42.0 Å². The zero-order valence-corrected chi connectivity index (χ0v) is 19.3. The highest BCUT2D eigenvalue weighted by Crippen LogP contribution is 2.30. The number of carbonyl (C=O) groups excluding carboxylic acids is 1. The zero-order valence-electron chi connectivity index (χ0n) is 17.7. The van der Waals surface area contributed by atoms with Gasteiger partial charge in [0.25, 0.3) is 0 Å². The van der Waals surface area contributed by atoms with Crippen molar-refractivity contribution in [1.82, 2.24) is 9.21 Å². The Morgan fingerprint density at radius 3 is 2.52 bits per heavy atom. The number of nitrogens with zero attached hydrogens (tertiary/aromatic N) is 2. The molecule has 0 spiro atoms. The molecule has 1 aliphatic carbocycles. The van der Waals surface area contributed by atoms with Crippen LogP contribution in [0.5, 0.6) is 0 Å². The predicted molar refractivity (Wildman–Crippen MR) is 119 cm³/mol. The molecule has 9 heteroatoms. The molecule has 0 bridgehead atoms. The summed E-state index contributed by atoms with van der Waals surface area (Å²) in [5.74, 6) is -0.278. The summed E-state index contributed by atoms with van der Waals surface area (Å²) in [4.78, 5) is 15.1. The Morgan fingerprint density at radius 1 is 1.16 bits per heavy atom. The number of carbonyl (C=O) groups is 1. The van der Waals surface area contributed by atoms with Gasteiger partial charge in [-0.15, -0.1) is 6.58 Å². The van der Waals surface area contributed by atoms with Gasteiger partial charge in [0.1, 0.15) is 0 Å². The predicted octanol–water partition coefficient (Wildman–Crippen LogP) is 1.78. The normalized spacial score (nSPS) is 24.1. The zero-order chi connectivity index (χ0) is 22.2. The molecule has 0 N–H and O–H groups in total. The van der Waals surface area contributed by atoms with Crippen LogP contribution in [0.4, 0.5) is 0 Å². The molecule has 3 aliphatic rings. The molecule has 7 nitrogen and oxygen atoms in total. The molecular formula is C22H30N2O5S2. The molecule has 170 valence electrons. The van der Waals surface area contributed by atoms with Crippen LogP contribution >= 0.6 is 0 Å². The number of fused-ring (bicyclic) bond motifs is 1. The molecule has 2 heterocycles. The van der Waals surface area contributed by atoms with E-state index in [0.717, 1.165) is 24.8 Å². The molecule has 2 saturated heterocycles. The van der Waals surface area contributed by atoms with Gasteiger partial charge in [-0.3, -0.25) is 4.79 Å². The number of sulfone groups is 1. The third kappa shape index (κ3) is 4.59. The number of piperidine rings is 1. The minimum atomic E-state index is -3.58. The van der Waals surface area contributed by atoms with E-state index in [4.69, 9.17) is 0 Å². The first kappa shape index (κ1) is 22.5. The fourth-order valence-corrected chi connectivity index (χ4v) is 8.27. The van der Waals surface area contributed by atoms with Gasteiger partial charge < -0.3 is 4.90 Å². The van der Waals surface area contributed by atoms with E-state index in [1.54, 1.807) is 23.1 Å². The number of sulfonamides is 1. The number of hydrogen-bond donors (Lipinski definition) is 0. The molecule has 2 fully saturated rings. The summed E-state index contributed by atoms with van der Waals surface area (Å²) >= 11 is 0. The quantitative estimate of drug-likeness (QED) is 0.596. The second kappa shape index (κ2) is 8.67. The maximum atomic E-state index is 13.2. The molecule has 1 unspecified atom stereocenters. The molecule has 1 aromatic carbocycles. The molecule has 1 atom stereocenters. The Kier molecular flexibility index (Phi) is 6.29. The number of amides is 1. The molecule has 0 radical (unpaired) electrons. The van der Waals surface area contributed by atoms with Gasteiger partial charge in [-0.2, -0.15) is 4.31 Å². The first-order valence-electron chi connectivity index (χ1n) is 10.9. The molecule has 0 saturated carbocycles. The number of rotatable bonds is 6. The molecular weight excluding hydrogens is 436 g/mol. The van der Waals surface area contributed by atoms with Crippen LogP contribution in [0, 0.1) is 5.92 Å². The van der Waals surface area contributed by atoms with E-state index in [1.165, 1.54) is 9.87 Å². The minimum Gasteiger partial charge on any atom is -0.335 e. The van der Waals surface area contributed by atoms with Crippen LogP contribution in [0.15, 0.2) is 35.7 Å². The summed E-state index contributed by atoms with van der Waals surface area (Å²) in [6, 6.07) is 5.11. The summed E-state index contributed by atoms with van der Waals surface area (Å²) in [5, 5.41) is 0. The van der Waals surface area contributed by atoms with Gasteiger partial charge in [-0.05, 0) is 61.8 Å². The highest BCUT2D eigenvalue weighted by Gasteiger charge is 2.39. The highest BCUT2D eigenvalue weighted by molar-refractivity contribution is 7.91. The van der Waals surface area contributed by atoms with Crippen LogP contribution in [0.3, 0.4) is 0 Å². The van der Waals surface area contributed by atoms with Crippen molar-refractivity contribution in [2.24, 2.45) is 5.92 Å². The summed E-state index contributed by atoms with van der Waals surface area (Å²) in [5.41, 5.74) is 2.36. The fourth-order valence-electron chi connectivity index (χ4n) is 5.01. The minimum absolute atomic E-state index is 0.00185. The van der Waals surface area contributed by atoms with Gasteiger partial charge >= 0.3 is 0 Å². The van der Waals surface area contributed by atoms with E-state index in [-0.39, 0.29) is 29.4 Å². The lowest BCUT2D eigenvalue weighted by molar-refractivity contribution is -0.138. The van der Waals surface area contributed by atoms with Crippen LogP contribution in [0.25, 0.3) is 0 Å². The second-order valence-electron chi connectivity index (χ2n) is 8.80. The van der Waals surface area contributed by atoms with E-state index in [2.05, 4.69) is 6.58 Å². The van der Waals surface area contributed by atoms with Crippen molar-refractivity contribution >= 4 is 25.8 Å². The van der Waals surface area contributed by atoms with E-state index in [9.17, 15) is 21.6 Å². The lowest BCUT2D eigenvalue weighted by Gasteiger charge is -2.35. The maximum Gasteiger partial charge on any atom is 0.243 e. The molecule has 2 aliphatic heterocycles. The largest absolute Gasteiger partial charge is 0.335 e. The number of hydrogen-bond acceptors (Lipinski definition) is 5. The Labute approximate surface area is 185 Å². The summed E-state index contributed by atoms with van der Waals surface area (Å²) in [7, 11) is -6.68. The summed E-state index contributed by atoms with van der Waals surface area (Å²) in [6.45, 7) is 4.60. The van der Waals surface area contributed by atoms with Crippen LogP contribution in [-0.2, 0) is 37.5 Å². The van der Waals surface area contributed by atoms with Gasteiger partial charge in [0.2, 0.25) is 15.9 Å². The van der Waals surface area contributed by atoms with E-state index in [0.29, 0.717) is 43.8 Å². The summed E-state index contributed by atoms with van der Waals surface area (Å²) in [6.07, 6.45) is 5.95. The lowest BCUT2D eigenvalue weighted by atomic mass is 9.95. The number of benzene rings is 1. The van der Waals surface area contributed by atoms with Gasteiger partial charge in [0, 0.05) is 31.6 Å². The topological polar surface area (TPSA) is 91.8 Å². The third-order valence-corrected chi connectivity index (χ3v) is 10.4. The molecule has 1 amide bonds. The van der Waals surface area contributed by atoms with E-state index < -0.39 is 19.9 Å². The SMILES string of the molecule is C=CCN(C(=O)C1CCN(S(=O)(=O)c2ccc3c(c2)CCC3)CC1)C1CCS(=O)(=O)C1. The van der Waals surface area contributed by atoms with Crippen LogP contribution in [-0.4, -0.2) is 69.1 Å². The van der Waals surface area contributed by atoms with Crippen molar-refractivity contribution in [3.63, 3.8) is 0 Å². The van der Waals surface area contributed by atoms with Gasteiger partial charge in [-0.1, -0.05) is 12.1 Å². The molecule has 0 aromatic heterocycles. The van der Waals surface area contributed by atoms with E-state index in [1.807, 2.05) is 6.07 Å². The van der Waals surface area contributed by atoms with Crippen molar-refractivity contribution < 1.29 is 21.6 Å². The second-order valence-corrected chi connectivity index (χ2v) is 13.0. The van der Waals surface area contributed by atoms with Crippen molar-refractivity contribution in [1.29, 1.82) is 0 Å². The monoisotopic (exact) mass is 466 g/mol. The lowest BCUT2D eigenvalue weighted by Crippen LogP contribution is -2.48. The Morgan fingerprint density at radius 2 is 1.87 bits per heavy atom. The van der Waals surface area contributed by atoms with Crippen LogP contribution < -0.4 is 0 Å². The Balaban J connectivity index is 1.42. The average Bonchev–Trinajstić information content (AvgIpc) is 3.36. The van der Waals surface area contributed by atoms with Crippen LogP contribution in [0.2, 0.25) is 0 Å². The smallest absolute Gasteiger partial charge is 0.243 e. The fraction of sp³-hybridized carbons (Fsp3) is 0.591. The molecule has 31 heavy (non-hydrogen) atoms. The van der Waals surface area contributed by atoms with Gasteiger partial charge in [-0.25, -0.2) is 16.8 Å². The van der Waals surface area contributed by atoms with Crippen molar-refractivity contribution in [2.75, 3.05) is 31.1 Å². The highest BCUT2D eigenvalue weighted by atomic mass is 32.2. The van der Waals surface area contributed by atoms with Crippen molar-refractivity contribution in [3.8, 4) is 0 Å². The Bertz CT molecular complexity index is 1070. The standard InChI is InChI=1S/C22H30N2O5S2/c1-2-11-24(20-10-14-30(26,27)16-20)22(25)18-8-12-23(13-9-18)31(28,29)21-7-6-17-4-3-5-19(17)15-21/h2,6-7,15,18,20H,1,3-5,8-14,16H2. The first-order valence-corrected chi connectivity index (χ1v) is 14.2. The van der Waals surface area contributed by atoms with E-state index >= 15 is 0 Å². The maximum absolute atomic E-state index is 13.2. The third-order valence-electron chi connectivity index (χ3n) is 6.77. The number of aryl methyl sites for hydroxylation is 2. The van der Waals surface area contributed by atoms with Gasteiger partial charge in [0.15, 0.2) is 9.84 Å².